The van der Waals surface area contributed by atoms with Crippen LogP contribution in [0, 0.1) is 5.92 Å². The number of hydrogen-bond acceptors (Lipinski definition) is 3. The molecule has 4 nitrogen and oxygen atoms in total. The Labute approximate surface area is 116 Å². The monoisotopic (exact) mass is 311 g/mol. The minimum absolute atomic E-state index is 0.227. The summed E-state index contributed by atoms with van der Waals surface area (Å²) in [5.74, 6) is 0.512. The van der Waals surface area contributed by atoms with Crippen LogP contribution in [-0.2, 0) is 4.79 Å². The van der Waals surface area contributed by atoms with Gasteiger partial charge in [-0.05, 0) is 41.3 Å². The van der Waals surface area contributed by atoms with E-state index in [1.807, 2.05) is 6.07 Å². The van der Waals surface area contributed by atoms with Gasteiger partial charge in [-0.3, -0.25) is 9.78 Å². The maximum Gasteiger partial charge on any atom is 0.223 e. The summed E-state index contributed by atoms with van der Waals surface area (Å²) < 4.78 is 0.964. The number of anilines is 1. The van der Waals surface area contributed by atoms with Crippen LogP contribution in [0.25, 0.3) is 0 Å². The van der Waals surface area contributed by atoms with E-state index in [9.17, 15) is 4.79 Å². The molecule has 0 radical (unpaired) electrons. The molecular formula is C13H18BrN3O. The Hall–Kier alpha value is -1.10. The van der Waals surface area contributed by atoms with Crippen LogP contribution in [0.3, 0.4) is 0 Å². The average molecular weight is 312 g/mol. The fourth-order valence-electron chi connectivity index (χ4n) is 1.86. The summed E-state index contributed by atoms with van der Waals surface area (Å²) in [5, 5.41) is 6.25. The minimum atomic E-state index is 0.227. The third-order valence-electron chi connectivity index (χ3n) is 3.16. The molecule has 1 aromatic rings. The molecular weight excluding hydrogens is 294 g/mol. The molecule has 2 rings (SSSR count). The summed E-state index contributed by atoms with van der Waals surface area (Å²) in [4.78, 5) is 15.6. The van der Waals surface area contributed by atoms with Gasteiger partial charge in [0.25, 0.3) is 0 Å². The molecule has 1 heterocycles. The Morgan fingerprint density at radius 3 is 2.89 bits per heavy atom. The Kier molecular flexibility index (Phi) is 4.99. The average Bonchev–Trinajstić information content (AvgIpc) is 2.26. The molecule has 1 aromatic heterocycles. The molecule has 0 spiro atoms. The van der Waals surface area contributed by atoms with Crippen molar-refractivity contribution in [1.82, 2.24) is 10.3 Å². The Balaban J connectivity index is 1.57. The number of pyridine rings is 1. The van der Waals surface area contributed by atoms with Crippen molar-refractivity contribution in [3.05, 3.63) is 22.9 Å². The van der Waals surface area contributed by atoms with Gasteiger partial charge in [-0.15, -0.1) is 0 Å². The van der Waals surface area contributed by atoms with Gasteiger partial charge in [-0.1, -0.05) is 6.42 Å². The molecule has 2 N–H and O–H groups in total. The van der Waals surface area contributed by atoms with E-state index in [0.717, 1.165) is 42.5 Å². The summed E-state index contributed by atoms with van der Waals surface area (Å²) in [6.07, 6.45) is 7.80. The molecule has 0 aromatic carbocycles. The van der Waals surface area contributed by atoms with E-state index in [4.69, 9.17) is 0 Å². The molecule has 0 aliphatic heterocycles. The van der Waals surface area contributed by atoms with Gasteiger partial charge in [0, 0.05) is 29.7 Å². The Morgan fingerprint density at radius 2 is 2.22 bits per heavy atom. The summed E-state index contributed by atoms with van der Waals surface area (Å²) in [5.41, 5.74) is 0.995. The second-order valence-corrected chi connectivity index (χ2v) is 5.51. The quantitative estimate of drug-likeness (QED) is 0.794. The summed E-state index contributed by atoms with van der Waals surface area (Å²) in [7, 11) is 0. The van der Waals surface area contributed by atoms with E-state index in [2.05, 4.69) is 31.5 Å². The Morgan fingerprint density at radius 1 is 1.39 bits per heavy atom. The number of amides is 1. The normalized spacial score (nSPS) is 14.9. The van der Waals surface area contributed by atoms with Crippen LogP contribution in [0.1, 0.15) is 25.7 Å². The number of aromatic nitrogens is 1. The number of rotatable bonds is 6. The van der Waals surface area contributed by atoms with Gasteiger partial charge in [-0.25, -0.2) is 0 Å². The van der Waals surface area contributed by atoms with Gasteiger partial charge < -0.3 is 10.6 Å². The van der Waals surface area contributed by atoms with Crippen LogP contribution < -0.4 is 10.6 Å². The molecule has 1 aliphatic carbocycles. The van der Waals surface area contributed by atoms with Crippen molar-refractivity contribution >= 4 is 27.5 Å². The minimum Gasteiger partial charge on any atom is -0.384 e. The first kappa shape index (κ1) is 13.3. The number of carbonyl (C=O) groups is 1. The number of halogens is 1. The predicted molar refractivity (Wildman–Crippen MR) is 75.4 cm³/mol. The van der Waals surface area contributed by atoms with Crippen LogP contribution >= 0.6 is 15.9 Å². The molecule has 1 saturated carbocycles. The zero-order valence-electron chi connectivity index (χ0n) is 10.3. The predicted octanol–water partition coefficient (Wildman–Crippen LogP) is 2.56. The second-order valence-electron chi connectivity index (χ2n) is 4.59. The number of nitrogens with zero attached hydrogens (tertiary/aromatic N) is 1. The van der Waals surface area contributed by atoms with Crippen LogP contribution in [0.4, 0.5) is 5.69 Å². The van der Waals surface area contributed by atoms with Crippen LogP contribution in [0.5, 0.6) is 0 Å². The van der Waals surface area contributed by atoms with Crippen LogP contribution in [0.15, 0.2) is 22.9 Å². The van der Waals surface area contributed by atoms with E-state index in [1.165, 1.54) is 6.42 Å². The van der Waals surface area contributed by atoms with Gasteiger partial charge in [-0.2, -0.15) is 0 Å². The van der Waals surface area contributed by atoms with E-state index in [1.54, 1.807) is 12.4 Å². The van der Waals surface area contributed by atoms with Gasteiger partial charge in [0.05, 0.1) is 11.9 Å². The van der Waals surface area contributed by atoms with Crippen LogP contribution in [0.2, 0.25) is 0 Å². The second kappa shape index (κ2) is 6.73. The molecule has 0 bridgehead atoms. The van der Waals surface area contributed by atoms with Crippen molar-refractivity contribution in [2.24, 2.45) is 5.92 Å². The van der Waals surface area contributed by atoms with Crippen molar-refractivity contribution in [2.45, 2.75) is 25.7 Å². The lowest BCUT2D eigenvalue weighted by atomic mass is 9.85. The summed E-state index contributed by atoms with van der Waals surface area (Å²) in [6, 6.07) is 1.99. The topological polar surface area (TPSA) is 54.0 Å². The number of hydrogen-bond donors (Lipinski definition) is 2. The van der Waals surface area contributed by atoms with Crippen molar-refractivity contribution in [1.29, 1.82) is 0 Å². The molecule has 1 aliphatic rings. The first-order valence-corrected chi connectivity index (χ1v) is 7.17. The SMILES string of the molecule is O=C(NCCCNc1cncc(Br)c1)C1CCC1. The lowest BCUT2D eigenvalue weighted by Gasteiger charge is -2.24. The number of carbonyl (C=O) groups excluding carboxylic acids is 1. The van der Waals surface area contributed by atoms with Crippen molar-refractivity contribution in [3.8, 4) is 0 Å². The molecule has 1 amide bonds. The van der Waals surface area contributed by atoms with Gasteiger partial charge in [0.2, 0.25) is 5.91 Å². The maximum atomic E-state index is 11.6. The summed E-state index contributed by atoms with van der Waals surface area (Å²) >= 11 is 3.37. The lowest BCUT2D eigenvalue weighted by Crippen LogP contribution is -2.35. The third kappa shape index (κ3) is 3.98. The molecule has 0 unspecified atom stereocenters. The van der Waals surface area contributed by atoms with Crippen molar-refractivity contribution in [3.63, 3.8) is 0 Å². The largest absolute Gasteiger partial charge is 0.384 e. The first-order chi connectivity index (χ1) is 8.75. The van der Waals surface area contributed by atoms with E-state index < -0.39 is 0 Å². The van der Waals surface area contributed by atoms with Gasteiger partial charge in [0.1, 0.15) is 0 Å². The highest BCUT2D eigenvalue weighted by Crippen LogP contribution is 2.26. The summed E-state index contributed by atoms with van der Waals surface area (Å²) in [6.45, 7) is 1.58. The zero-order valence-corrected chi connectivity index (χ0v) is 11.9. The van der Waals surface area contributed by atoms with E-state index >= 15 is 0 Å². The van der Waals surface area contributed by atoms with Gasteiger partial charge >= 0.3 is 0 Å². The number of nitrogens with one attached hydrogen (secondary N) is 2. The third-order valence-corrected chi connectivity index (χ3v) is 3.60. The molecule has 5 heteroatoms. The van der Waals surface area contributed by atoms with E-state index in [0.29, 0.717) is 0 Å². The molecule has 98 valence electrons. The molecule has 0 saturated heterocycles. The highest BCUT2D eigenvalue weighted by molar-refractivity contribution is 9.10. The van der Waals surface area contributed by atoms with E-state index in [-0.39, 0.29) is 11.8 Å². The van der Waals surface area contributed by atoms with Crippen LogP contribution in [-0.4, -0.2) is 24.0 Å². The molecule has 18 heavy (non-hydrogen) atoms. The fraction of sp³-hybridized carbons (Fsp3) is 0.538. The lowest BCUT2D eigenvalue weighted by molar-refractivity contribution is -0.127. The Bertz CT molecular complexity index is 407. The fourth-order valence-corrected chi connectivity index (χ4v) is 2.22. The van der Waals surface area contributed by atoms with Gasteiger partial charge in [0.15, 0.2) is 0 Å². The smallest absolute Gasteiger partial charge is 0.223 e. The van der Waals surface area contributed by atoms with Crippen molar-refractivity contribution < 1.29 is 4.79 Å². The maximum absolute atomic E-state index is 11.6. The highest BCUT2D eigenvalue weighted by atomic mass is 79.9. The highest BCUT2D eigenvalue weighted by Gasteiger charge is 2.24. The zero-order chi connectivity index (χ0) is 12.8. The van der Waals surface area contributed by atoms with Crippen molar-refractivity contribution in [2.75, 3.05) is 18.4 Å². The standard InChI is InChI=1S/C13H18BrN3O/c14-11-7-12(9-15-8-11)16-5-2-6-17-13(18)10-3-1-4-10/h7-10,16H,1-6H2,(H,17,18). The molecule has 1 fully saturated rings. The first-order valence-electron chi connectivity index (χ1n) is 6.38. The molecule has 0 atom stereocenters.